The molecule has 3 nitrogen and oxygen atoms in total. The number of nitrogens with zero attached hydrogens (tertiary/aromatic N) is 1. The highest BCUT2D eigenvalue weighted by atomic mass is 35.5. The third-order valence-corrected chi connectivity index (χ3v) is 2.95. The molecule has 1 aliphatic heterocycles. The van der Waals surface area contributed by atoms with Crippen LogP contribution in [0.15, 0.2) is 0 Å². The highest BCUT2D eigenvalue weighted by molar-refractivity contribution is 5.85. The minimum Gasteiger partial charge on any atom is -0.377 e. The molecule has 1 N–H and O–H groups in total. The molecule has 0 bridgehead atoms. The first kappa shape index (κ1) is 16.2. The van der Waals surface area contributed by atoms with Crippen molar-refractivity contribution in [3.8, 4) is 0 Å². The van der Waals surface area contributed by atoms with Crippen LogP contribution in [-0.4, -0.2) is 50.8 Å². The number of nitrogens with one attached hydrogen (secondary N) is 1. The highest BCUT2D eigenvalue weighted by Gasteiger charge is 2.18. The molecule has 16 heavy (non-hydrogen) atoms. The van der Waals surface area contributed by atoms with Gasteiger partial charge in [0, 0.05) is 13.1 Å². The number of rotatable bonds is 6. The lowest BCUT2D eigenvalue weighted by Gasteiger charge is -2.32. The maximum absolute atomic E-state index is 5.58. The zero-order valence-corrected chi connectivity index (χ0v) is 11.7. The maximum Gasteiger partial charge on any atom is 0.0596 e. The van der Waals surface area contributed by atoms with E-state index in [9.17, 15) is 0 Å². The molecule has 0 aromatic heterocycles. The van der Waals surface area contributed by atoms with Crippen molar-refractivity contribution >= 4 is 12.4 Å². The third-order valence-electron chi connectivity index (χ3n) is 2.95. The normalized spacial score (nSPS) is 22.1. The van der Waals surface area contributed by atoms with E-state index in [2.05, 4.69) is 24.1 Å². The quantitative estimate of drug-likeness (QED) is 0.778. The fraction of sp³-hybridized carbons (Fsp3) is 1.00. The van der Waals surface area contributed by atoms with Gasteiger partial charge in [-0.05, 0) is 52.7 Å². The van der Waals surface area contributed by atoms with E-state index in [0.717, 1.165) is 25.6 Å². The van der Waals surface area contributed by atoms with Crippen LogP contribution in [-0.2, 0) is 4.74 Å². The van der Waals surface area contributed by atoms with Gasteiger partial charge in [0.25, 0.3) is 0 Å². The minimum absolute atomic E-state index is 0. The molecule has 0 spiro atoms. The number of hydrogen-bond acceptors (Lipinski definition) is 3. The van der Waals surface area contributed by atoms with Gasteiger partial charge in [0.15, 0.2) is 0 Å². The first-order valence-electron chi connectivity index (χ1n) is 6.21. The molecule has 0 radical (unpaired) electrons. The summed E-state index contributed by atoms with van der Waals surface area (Å²) in [6.07, 6.45) is 3.08. The van der Waals surface area contributed by atoms with Gasteiger partial charge in [0.1, 0.15) is 0 Å². The summed E-state index contributed by atoms with van der Waals surface area (Å²) in [5, 5.41) is 3.27. The molecular formula is C12H27ClN2O. The summed E-state index contributed by atoms with van der Waals surface area (Å²) in [7, 11) is 2.04. The van der Waals surface area contributed by atoms with Crippen molar-refractivity contribution in [3.05, 3.63) is 0 Å². The molecular weight excluding hydrogens is 224 g/mol. The Morgan fingerprint density at radius 1 is 1.44 bits per heavy atom. The molecule has 0 aromatic rings. The molecule has 1 rings (SSSR count). The molecule has 98 valence electrons. The Hall–Kier alpha value is 0.170. The zero-order chi connectivity index (χ0) is 11.1. The van der Waals surface area contributed by atoms with E-state index in [1.807, 2.05) is 7.05 Å². The fourth-order valence-electron chi connectivity index (χ4n) is 2.23. The number of piperidine rings is 1. The summed E-state index contributed by atoms with van der Waals surface area (Å²) in [5.41, 5.74) is 0. The monoisotopic (exact) mass is 250 g/mol. The van der Waals surface area contributed by atoms with Crippen LogP contribution in [0, 0.1) is 5.92 Å². The van der Waals surface area contributed by atoms with E-state index in [1.165, 1.54) is 25.9 Å². The molecule has 1 atom stereocenters. The molecule has 1 heterocycles. The van der Waals surface area contributed by atoms with Gasteiger partial charge in [-0.25, -0.2) is 0 Å². The van der Waals surface area contributed by atoms with Gasteiger partial charge in [-0.2, -0.15) is 0 Å². The Labute approximate surface area is 106 Å². The standard InChI is InChI=1S/C12H26N2O.ClH/c1-11(2)15-8-7-14-6-4-5-12(10-14)9-13-3;/h11-13H,4-10H2,1-3H3;1H. The van der Waals surface area contributed by atoms with E-state index in [4.69, 9.17) is 4.74 Å². The number of likely N-dealkylation sites (tertiary alicyclic amines) is 1. The second-order valence-corrected chi connectivity index (χ2v) is 4.79. The van der Waals surface area contributed by atoms with Gasteiger partial charge in [-0.1, -0.05) is 0 Å². The summed E-state index contributed by atoms with van der Waals surface area (Å²) in [4.78, 5) is 2.54. The fourth-order valence-corrected chi connectivity index (χ4v) is 2.23. The number of hydrogen-bond donors (Lipinski definition) is 1. The SMILES string of the molecule is CNCC1CCCN(CCOC(C)C)C1.Cl. The summed E-state index contributed by atoms with van der Waals surface area (Å²) < 4.78 is 5.58. The molecule has 1 fully saturated rings. The lowest BCUT2D eigenvalue weighted by Crippen LogP contribution is -2.40. The van der Waals surface area contributed by atoms with Gasteiger partial charge in [0.05, 0.1) is 12.7 Å². The summed E-state index contributed by atoms with van der Waals surface area (Å²) in [6, 6.07) is 0. The molecule has 1 aliphatic rings. The van der Waals surface area contributed by atoms with E-state index in [0.29, 0.717) is 6.10 Å². The van der Waals surface area contributed by atoms with Crippen LogP contribution >= 0.6 is 12.4 Å². The van der Waals surface area contributed by atoms with Gasteiger partial charge >= 0.3 is 0 Å². The van der Waals surface area contributed by atoms with Crippen LogP contribution in [0.3, 0.4) is 0 Å². The van der Waals surface area contributed by atoms with Crippen LogP contribution in [0.2, 0.25) is 0 Å². The summed E-state index contributed by atoms with van der Waals surface area (Å²) in [5.74, 6) is 0.836. The minimum atomic E-state index is 0. The molecule has 0 saturated carbocycles. The topological polar surface area (TPSA) is 24.5 Å². The van der Waals surface area contributed by atoms with Crippen molar-refractivity contribution in [3.63, 3.8) is 0 Å². The summed E-state index contributed by atoms with van der Waals surface area (Å²) in [6.45, 7) is 9.81. The van der Waals surface area contributed by atoms with E-state index in [1.54, 1.807) is 0 Å². The third kappa shape index (κ3) is 6.69. The molecule has 0 aromatic carbocycles. The van der Waals surface area contributed by atoms with Gasteiger partial charge in [0.2, 0.25) is 0 Å². The Bertz CT molecular complexity index is 165. The van der Waals surface area contributed by atoms with E-state index < -0.39 is 0 Å². The molecule has 0 amide bonds. The van der Waals surface area contributed by atoms with Crippen molar-refractivity contribution < 1.29 is 4.74 Å². The van der Waals surface area contributed by atoms with Gasteiger partial charge in [-0.15, -0.1) is 12.4 Å². The zero-order valence-electron chi connectivity index (χ0n) is 10.9. The first-order chi connectivity index (χ1) is 7.22. The largest absolute Gasteiger partial charge is 0.377 e. The lowest BCUT2D eigenvalue weighted by atomic mass is 9.98. The molecule has 1 saturated heterocycles. The predicted molar refractivity (Wildman–Crippen MR) is 71.4 cm³/mol. The van der Waals surface area contributed by atoms with Crippen molar-refractivity contribution in [2.45, 2.75) is 32.8 Å². The summed E-state index contributed by atoms with van der Waals surface area (Å²) >= 11 is 0. The second-order valence-electron chi connectivity index (χ2n) is 4.79. The van der Waals surface area contributed by atoms with Crippen LogP contribution in [0.5, 0.6) is 0 Å². The van der Waals surface area contributed by atoms with E-state index >= 15 is 0 Å². The smallest absolute Gasteiger partial charge is 0.0596 e. The van der Waals surface area contributed by atoms with Crippen LogP contribution in [0.25, 0.3) is 0 Å². The predicted octanol–water partition coefficient (Wildman–Crippen LogP) is 1.76. The molecule has 4 heteroatoms. The van der Waals surface area contributed by atoms with Gasteiger partial charge < -0.3 is 15.0 Å². The Kier molecular flexibility index (Phi) is 9.32. The van der Waals surface area contributed by atoms with Crippen LogP contribution < -0.4 is 5.32 Å². The lowest BCUT2D eigenvalue weighted by molar-refractivity contribution is 0.0489. The van der Waals surface area contributed by atoms with Crippen molar-refractivity contribution in [2.75, 3.05) is 39.8 Å². The van der Waals surface area contributed by atoms with E-state index in [-0.39, 0.29) is 12.4 Å². The highest BCUT2D eigenvalue weighted by Crippen LogP contribution is 2.15. The van der Waals surface area contributed by atoms with Crippen LogP contribution in [0.4, 0.5) is 0 Å². The second kappa shape index (κ2) is 9.23. The average molecular weight is 251 g/mol. The molecule has 1 unspecified atom stereocenters. The molecule has 0 aliphatic carbocycles. The maximum atomic E-state index is 5.58. The Morgan fingerprint density at radius 2 is 2.19 bits per heavy atom. The first-order valence-corrected chi connectivity index (χ1v) is 6.21. The van der Waals surface area contributed by atoms with Crippen molar-refractivity contribution in [2.24, 2.45) is 5.92 Å². The van der Waals surface area contributed by atoms with Gasteiger partial charge in [-0.3, -0.25) is 0 Å². The van der Waals surface area contributed by atoms with Crippen molar-refractivity contribution in [1.29, 1.82) is 0 Å². The van der Waals surface area contributed by atoms with Crippen LogP contribution in [0.1, 0.15) is 26.7 Å². The van der Waals surface area contributed by atoms with Crippen molar-refractivity contribution in [1.82, 2.24) is 10.2 Å². The number of ether oxygens (including phenoxy) is 1. The number of halogens is 1. The Morgan fingerprint density at radius 3 is 2.81 bits per heavy atom. The average Bonchev–Trinajstić information content (AvgIpc) is 2.18. The Balaban J connectivity index is 0.00000225.